The van der Waals surface area contributed by atoms with Gasteiger partial charge in [-0.3, -0.25) is 19.2 Å². The molecule has 1 saturated heterocycles. The molecule has 1 aromatic heterocycles. The van der Waals surface area contributed by atoms with Crippen molar-refractivity contribution in [2.75, 3.05) is 32.8 Å². The molecule has 2 aromatic rings. The van der Waals surface area contributed by atoms with Crippen molar-refractivity contribution in [1.82, 2.24) is 20.0 Å². The fraction of sp³-hybridized carbons (Fsp3) is 0.550. The Kier molecular flexibility index (Phi) is 6.58. The van der Waals surface area contributed by atoms with Gasteiger partial charge < -0.3 is 10.1 Å². The predicted molar refractivity (Wildman–Crippen MR) is 105 cm³/mol. The average molecular weight is 372 g/mol. The lowest BCUT2D eigenvalue weighted by Crippen LogP contribution is -2.51. The van der Waals surface area contributed by atoms with Crippen molar-refractivity contribution in [2.24, 2.45) is 5.92 Å². The van der Waals surface area contributed by atoms with Crippen LogP contribution in [0.1, 0.15) is 20.3 Å². The highest BCUT2D eigenvalue weighted by atomic mass is 16.5. The first-order chi connectivity index (χ1) is 13.1. The number of carbonyl (C=O) groups is 1. The van der Waals surface area contributed by atoms with Crippen LogP contribution in [-0.4, -0.2) is 59.5 Å². The largest absolute Gasteiger partial charge is 0.379 e. The second-order valence-electron chi connectivity index (χ2n) is 7.26. The van der Waals surface area contributed by atoms with Gasteiger partial charge in [0.05, 0.1) is 31.5 Å². The van der Waals surface area contributed by atoms with Crippen LogP contribution < -0.4 is 10.7 Å². The summed E-state index contributed by atoms with van der Waals surface area (Å²) in [7, 11) is 0. The Bertz CT molecular complexity index is 827. The monoisotopic (exact) mass is 372 g/mol. The number of aromatic nitrogens is 2. The number of rotatable bonds is 7. The lowest BCUT2D eigenvalue weighted by atomic mass is 10.0. The Labute approximate surface area is 159 Å². The highest BCUT2D eigenvalue weighted by Crippen LogP contribution is 2.12. The zero-order valence-electron chi connectivity index (χ0n) is 16.1. The number of para-hydroxylation sites is 1. The SMILES string of the molecule is CC(C)C(CNC(=O)CCn1ncc(=O)c2ccccc21)N1CCOCC1. The molecule has 0 spiro atoms. The van der Waals surface area contributed by atoms with E-state index < -0.39 is 0 Å². The molecular weight excluding hydrogens is 344 g/mol. The number of aryl methyl sites for hydroxylation is 1. The number of ether oxygens (including phenoxy) is 1. The maximum atomic E-state index is 12.4. The number of carbonyl (C=O) groups excluding carboxylic acids is 1. The second-order valence-corrected chi connectivity index (χ2v) is 7.26. The lowest BCUT2D eigenvalue weighted by molar-refractivity contribution is -0.121. The molecule has 0 bridgehead atoms. The van der Waals surface area contributed by atoms with E-state index >= 15 is 0 Å². The number of morpholine rings is 1. The van der Waals surface area contributed by atoms with E-state index in [1.807, 2.05) is 18.2 Å². The van der Waals surface area contributed by atoms with Crippen LogP contribution in [0.3, 0.4) is 0 Å². The molecule has 7 heteroatoms. The van der Waals surface area contributed by atoms with Gasteiger partial charge in [0.15, 0.2) is 0 Å². The van der Waals surface area contributed by atoms with Crippen LogP contribution in [0.5, 0.6) is 0 Å². The minimum atomic E-state index is -0.100. The third-order valence-corrected chi connectivity index (χ3v) is 5.11. The van der Waals surface area contributed by atoms with Crippen molar-refractivity contribution in [3.63, 3.8) is 0 Å². The van der Waals surface area contributed by atoms with Gasteiger partial charge in [0, 0.05) is 37.5 Å². The smallest absolute Gasteiger partial charge is 0.221 e. The van der Waals surface area contributed by atoms with Crippen molar-refractivity contribution in [2.45, 2.75) is 32.9 Å². The summed E-state index contributed by atoms with van der Waals surface area (Å²) in [4.78, 5) is 26.7. The maximum absolute atomic E-state index is 12.4. The molecule has 1 aromatic carbocycles. The van der Waals surface area contributed by atoms with Crippen LogP contribution in [0.25, 0.3) is 10.9 Å². The Morgan fingerprint density at radius 3 is 2.74 bits per heavy atom. The number of hydrogen-bond acceptors (Lipinski definition) is 5. The van der Waals surface area contributed by atoms with Gasteiger partial charge in [-0.25, -0.2) is 0 Å². The summed E-state index contributed by atoms with van der Waals surface area (Å²) in [5, 5.41) is 7.87. The first-order valence-electron chi connectivity index (χ1n) is 9.59. The van der Waals surface area contributed by atoms with Crippen molar-refractivity contribution < 1.29 is 9.53 Å². The van der Waals surface area contributed by atoms with Crippen LogP contribution in [-0.2, 0) is 16.1 Å². The van der Waals surface area contributed by atoms with Crippen molar-refractivity contribution in [1.29, 1.82) is 0 Å². The Morgan fingerprint density at radius 1 is 1.26 bits per heavy atom. The summed E-state index contributed by atoms with van der Waals surface area (Å²) >= 11 is 0. The van der Waals surface area contributed by atoms with Crippen molar-refractivity contribution >= 4 is 16.8 Å². The summed E-state index contributed by atoms with van der Waals surface area (Å²) < 4.78 is 7.15. The molecule has 1 aliphatic heterocycles. The molecular formula is C20H28N4O3. The molecule has 7 nitrogen and oxygen atoms in total. The van der Waals surface area contributed by atoms with Crippen LogP contribution in [0.15, 0.2) is 35.3 Å². The summed E-state index contributed by atoms with van der Waals surface area (Å²) in [5.41, 5.74) is 0.655. The van der Waals surface area contributed by atoms with Crippen molar-refractivity contribution in [3.8, 4) is 0 Å². The van der Waals surface area contributed by atoms with Gasteiger partial charge in [-0.2, -0.15) is 5.10 Å². The molecule has 27 heavy (non-hydrogen) atoms. The van der Waals surface area contributed by atoms with E-state index in [0.717, 1.165) is 31.8 Å². The molecule has 3 rings (SSSR count). The predicted octanol–water partition coefficient (Wildman–Crippen LogP) is 1.26. The fourth-order valence-corrected chi connectivity index (χ4v) is 3.55. The number of nitrogens with zero attached hydrogens (tertiary/aromatic N) is 3. The van der Waals surface area contributed by atoms with Crippen molar-refractivity contribution in [3.05, 3.63) is 40.7 Å². The van der Waals surface area contributed by atoms with Gasteiger partial charge in [-0.15, -0.1) is 0 Å². The summed E-state index contributed by atoms with van der Waals surface area (Å²) in [6.07, 6.45) is 1.64. The molecule has 1 fully saturated rings. The Balaban J connectivity index is 1.56. The maximum Gasteiger partial charge on any atom is 0.221 e. The standard InChI is InChI=1S/C20H28N4O3/c1-15(2)18(23-9-11-27-12-10-23)13-21-20(26)7-8-24-17-6-4-3-5-16(17)19(25)14-22-24/h3-6,14-15,18H,7-13H2,1-2H3,(H,21,26). The molecule has 1 atom stereocenters. The van der Waals surface area contributed by atoms with E-state index in [9.17, 15) is 9.59 Å². The highest BCUT2D eigenvalue weighted by molar-refractivity contribution is 5.79. The van der Waals surface area contributed by atoms with Gasteiger partial charge in [0.2, 0.25) is 11.3 Å². The number of amides is 1. The molecule has 1 N–H and O–H groups in total. The molecule has 146 valence electrons. The summed E-state index contributed by atoms with van der Waals surface area (Å²) in [6.45, 7) is 8.76. The van der Waals surface area contributed by atoms with Gasteiger partial charge in [0.25, 0.3) is 0 Å². The van der Waals surface area contributed by atoms with Gasteiger partial charge in [-0.1, -0.05) is 26.0 Å². The lowest BCUT2D eigenvalue weighted by Gasteiger charge is -2.36. The number of fused-ring (bicyclic) bond motifs is 1. The molecule has 1 amide bonds. The topological polar surface area (TPSA) is 76.5 Å². The van der Waals surface area contributed by atoms with Crippen LogP contribution in [0, 0.1) is 5.92 Å². The van der Waals surface area contributed by atoms with Crippen LogP contribution in [0.4, 0.5) is 0 Å². The third-order valence-electron chi connectivity index (χ3n) is 5.11. The highest BCUT2D eigenvalue weighted by Gasteiger charge is 2.24. The molecule has 1 unspecified atom stereocenters. The Morgan fingerprint density at radius 2 is 2.00 bits per heavy atom. The van der Waals surface area contributed by atoms with E-state index in [1.165, 1.54) is 6.20 Å². The average Bonchev–Trinajstić information content (AvgIpc) is 2.68. The molecule has 2 heterocycles. The van der Waals surface area contributed by atoms with Crippen LogP contribution in [0.2, 0.25) is 0 Å². The minimum Gasteiger partial charge on any atom is -0.379 e. The molecule has 0 aliphatic carbocycles. The number of benzene rings is 1. The first kappa shape index (κ1) is 19.5. The zero-order valence-corrected chi connectivity index (χ0v) is 16.1. The van der Waals surface area contributed by atoms with Crippen LogP contribution >= 0.6 is 0 Å². The number of nitrogens with one attached hydrogen (secondary N) is 1. The third kappa shape index (κ3) is 4.93. The van der Waals surface area contributed by atoms with E-state index in [1.54, 1.807) is 10.7 Å². The van der Waals surface area contributed by atoms with Gasteiger partial charge in [-0.05, 0) is 18.1 Å². The number of hydrogen-bond donors (Lipinski definition) is 1. The van der Waals surface area contributed by atoms with E-state index in [0.29, 0.717) is 36.9 Å². The van der Waals surface area contributed by atoms with E-state index in [-0.39, 0.29) is 11.3 Å². The molecule has 0 radical (unpaired) electrons. The molecule has 0 saturated carbocycles. The summed E-state index contributed by atoms with van der Waals surface area (Å²) in [6, 6.07) is 7.65. The minimum absolute atomic E-state index is 0.00140. The van der Waals surface area contributed by atoms with Gasteiger partial charge in [0.1, 0.15) is 0 Å². The fourth-order valence-electron chi connectivity index (χ4n) is 3.55. The zero-order chi connectivity index (χ0) is 19.2. The van der Waals surface area contributed by atoms with Gasteiger partial charge >= 0.3 is 0 Å². The first-order valence-corrected chi connectivity index (χ1v) is 9.59. The second kappa shape index (κ2) is 9.10. The van der Waals surface area contributed by atoms with E-state index in [2.05, 4.69) is 29.2 Å². The molecule has 1 aliphatic rings. The quantitative estimate of drug-likeness (QED) is 0.792. The normalized spacial score (nSPS) is 16.6. The Hall–Kier alpha value is -2.25. The van der Waals surface area contributed by atoms with E-state index in [4.69, 9.17) is 4.74 Å². The summed E-state index contributed by atoms with van der Waals surface area (Å²) in [5.74, 6) is 0.450.